The first-order chi connectivity index (χ1) is 20.7. The maximum absolute atomic E-state index is 14.3. The van der Waals surface area contributed by atoms with Crippen molar-refractivity contribution in [2.24, 2.45) is 0 Å². The number of nitrogens with one attached hydrogen (secondary N) is 1. The number of hydrogen-bond donors (Lipinski definition) is 1. The molecule has 0 spiro atoms. The molecule has 0 aliphatic heterocycles. The zero-order valence-electron chi connectivity index (χ0n) is 24.0. The minimum Gasteiger partial charge on any atom is -0.497 e. The van der Waals surface area contributed by atoms with Crippen LogP contribution in [0.15, 0.2) is 114 Å². The van der Waals surface area contributed by atoms with Crippen LogP contribution in [0.2, 0.25) is 5.02 Å². The monoisotopic (exact) mass is 619 g/mol. The maximum Gasteiger partial charge on any atom is 0.264 e. The molecular weight excluding hydrogens is 586 g/mol. The lowest BCUT2D eigenvalue weighted by molar-refractivity contribution is -0.140. The smallest absolute Gasteiger partial charge is 0.264 e. The maximum atomic E-state index is 14.3. The molecule has 2 amide bonds. The Bertz CT molecular complexity index is 1600. The topological polar surface area (TPSA) is 96.0 Å². The SMILES string of the molecule is CCNC(=O)[C@@H](Cc1ccccc1)N(Cc1ccc(Cl)cc1)C(=O)CN(c1ccccc1)S(=O)(=O)c1ccc(OC)cc1. The summed E-state index contributed by atoms with van der Waals surface area (Å²) in [4.78, 5) is 29.3. The number of nitrogens with zero attached hydrogens (tertiary/aromatic N) is 2. The van der Waals surface area contributed by atoms with Crippen molar-refractivity contribution in [3.8, 4) is 5.75 Å². The number of likely N-dealkylation sites (N-methyl/N-ethyl adjacent to an activating group) is 1. The lowest BCUT2D eigenvalue weighted by Crippen LogP contribution is -2.53. The summed E-state index contributed by atoms with van der Waals surface area (Å²) < 4.78 is 34.3. The van der Waals surface area contributed by atoms with Crippen molar-refractivity contribution in [1.82, 2.24) is 10.2 Å². The van der Waals surface area contributed by atoms with Gasteiger partial charge in [0.05, 0.1) is 17.7 Å². The fourth-order valence-electron chi connectivity index (χ4n) is 4.63. The van der Waals surface area contributed by atoms with Gasteiger partial charge < -0.3 is 15.0 Å². The van der Waals surface area contributed by atoms with Crippen molar-refractivity contribution in [3.05, 3.63) is 125 Å². The fourth-order valence-corrected chi connectivity index (χ4v) is 6.17. The van der Waals surface area contributed by atoms with Crippen molar-refractivity contribution in [3.63, 3.8) is 0 Å². The molecule has 43 heavy (non-hydrogen) atoms. The molecular formula is C33H34ClN3O5S. The van der Waals surface area contributed by atoms with Crippen molar-refractivity contribution in [1.29, 1.82) is 0 Å². The first-order valence-electron chi connectivity index (χ1n) is 13.8. The average molecular weight is 620 g/mol. The van der Waals surface area contributed by atoms with Gasteiger partial charge in [-0.3, -0.25) is 13.9 Å². The average Bonchev–Trinajstić information content (AvgIpc) is 3.03. The van der Waals surface area contributed by atoms with Crippen molar-refractivity contribution < 1.29 is 22.7 Å². The van der Waals surface area contributed by atoms with Gasteiger partial charge in [-0.05, 0) is 66.6 Å². The molecule has 0 saturated heterocycles. The lowest BCUT2D eigenvalue weighted by atomic mass is 10.0. The summed E-state index contributed by atoms with van der Waals surface area (Å²) in [5.41, 5.74) is 1.92. The molecule has 0 aliphatic carbocycles. The van der Waals surface area contributed by atoms with Gasteiger partial charge in [0.2, 0.25) is 11.8 Å². The van der Waals surface area contributed by atoms with Crippen LogP contribution in [0, 0.1) is 0 Å². The Kier molecular flexibility index (Phi) is 10.8. The first kappa shape index (κ1) is 31.6. The number of carbonyl (C=O) groups is 2. The summed E-state index contributed by atoms with van der Waals surface area (Å²) in [6, 6.07) is 29.9. The highest BCUT2D eigenvalue weighted by atomic mass is 35.5. The summed E-state index contributed by atoms with van der Waals surface area (Å²) in [7, 11) is -2.69. The standard InChI is InChI=1S/C33H34ClN3O5S/c1-3-35-33(39)31(22-25-10-6-4-7-11-25)36(23-26-14-16-27(34)17-15-26)32(38)24-37(28-12-8-5-9-13-28)43(40,41)30-20-18-29(42-2)19-21-30/h4-21,31H,3,22-24H2,1-2H3,(H,35,39)/t31-/m1/s1. The quantitative estimate of drug-likeness (QED) is 0.219. The highest BCUT2D eigenvalue weighted by Gasteiger charge is 2.34. The van der Waals surface area contributed by atoms with Crippen molar-refractivity contribution in [2.75, 3.05) is 24.5 Å². The van der Waals surface area contributed by atoms with Gasteiger partial charge in [0.1, 0.15) is 18.3 Å². The Morgan fingerprint density at radius 3 is 2.02 bits per heavy atom. The summed E-state index contributed by atoms with van der Waals surface area (Å²) in [6.07, 6.45) is 0.239. The zero-order valence-corrected chi connectivity index (χ0v) is 25.6. The van der Waals surface area contributed by atoms with Crippen LogP contribution in [0.1, 0.15) is 18.1 Å². The van der Waals surface area contributed by atoms with Crippen LogP contribution in [0.5, 0.6) is 5.75 Å². The number of benzene rings is 4. The molecule has 0 fully saturated rings. The minimum absolute atomic E-state index is 0.00114. The van der Waals surface area contributed by atoms with E-state index in [1.165, 1.54) is 24.1 Å². The Morgan fingerprint density at radius 1 is 0.837 bits per heavy atom. The molecule has 10 heteroatoms. The van der Waals surface area contributed by atoms with E-state index in [-0.39, 0.29) is 23.8 Å². The van der Waals surface area contributed by atoms with Gasteiger partial charge >= 0.3 is 0 Å². The first-order valence-corrected chi connectivity index (χ1v) is 15.6. The van der Waals surface area contributed by atoms with Crippen LogP contribution >= 0.6 is 11.6 Å². The highest BCUT2D eigenvalue weighted by molar-refractivity contribution is 7.92. The highest BCUT2D eigenvalue weighted by Crippen LogP contribution is 2.26. The van der Waals surface area contributed by atoms with E-state index in [1.807, 2.05) is 30.3 Å². The lowest BCUT2D eigenvalue weighted by Gasteiger charge is -2.33. The Hall–Kier alpha value is -4.34. The fraction of sp³-hybridized carbons (Fsp3) is 0.212. The number of anilines is 1. The van der Waals surface area contributed by atoms with Crippen LogP contribution < -0.4 is 14.4 Å². The van der Waals surface area contributed by atoms with Crippen molar-refractivity contribution >= 4 is 39.1 Å². The number of methoxy groups -OCH3 is 1. The van der Waals surface area contributed by atoms with E-state index in [0.717, 1.165) is 15.4 Å². The summed E-state index contributed by atoms with van der Waals surface area (Å²) in [5, 5.41) is 3.38. The van der Waals surface area contributed by atoms with E-state index in [1.54, 1.807) is 73.7 Å². The van der Waals surface area contributed by atoms with E-state index in [0.29, 0.717) is 23.0 Å². The van der Waals surface area contributed by atoms with Gasteiger partial charge in [0.15, 0.2) is 0 Å². The second kappa shape index (κ2) is 14.7. The third-order valence-corrected chi connectivity index (χ3v) is 8.90. The van der Waals surface area contributed by atoms with Gasteiger partial charge in [-0.2, -0.15) is 0 Å². The number of sulfonamides is 1. The van der Waals surface area contributed by atoms with Crippen LogP contribution in [-0.4, -0.2) is 51.4 Å². The summed E-state index contributed by atoms with van der Waals surface area (Å²) >= 11 is 6.11. The molecule has 0 saturated carbocycles. The molecule has 0 aliphatic rings. The van der Waals surface area contributed by atoms with Gasteiger partial charge in [-0.15, -0.1) is 0 Å². The van der Waals surface area contributed by atoms with Crippen LogP contribution in [0.4, 0.5) is 5.69 Å². The number of hydrogen-bond acceptors (Lipinski definition) is 5. The molecule has 1 N–H and O–H groups in total. The van der Waals surface area contributed by atoms with Gasteiger partial charge in [-0.25, -0.2) is 8.42 Å². The second-order valence-electron chi connectivity index (χ2n) is 9.77. The molecule has 0 unspecified atom stereocenters. The third-order valence-electron chi connectivity index (χ3n) is 6.86. The van der Waals surface area contributed by atoms with Gasteiger partial charge in [0.25, 0.3) is 10.0 Å². The minimum atomic E-state index is -4.19. The number of halogens is 1. The predicted octanol–water partition coefficient (Wildman–Crippen LogP) is 5.32. The molecule has 4 aromatic carbocycles. The van der Waals surface area contributed by atoms with Crippen molar-refractivity contribution in [2.45, 2.75) is 30.8 Å². The number of rotatable bonds is 13. The van der Waals surface area contributed by atoms with Crippen LogP contribution in [0.3, 0.4) is 0 Å². The van der Waals surface area contributed by atoms with Gasteiger partial charge in [-0.1, -0.05) is 72.3 Å². The summed E-state index contributed by atoms with van der Waals surface area (Å²) in [5.74, 6) is -0.373. The van der Waals surface area contributed by atoms with Crippen LogP contribution in [-0.2, 0) is 32.6 Å². The Morgan fingerprint density at radius 2 is 1.44 bits per heavy atom. The zero-order chi connectivity index (χ0) is 30.8. The predicted molar refractivity (Wildman–Crippen MR) is 169 cm³/mol. The molecule has 4 aromatic rings. The second-order valence-corrected chi connectivity index (χ2v) is 12.1. The molecule has 224 valence electrons. The molecule has 1 atom stereocenters. The van der Waals surface area contributed by atoms with E-state index >= 15 is 0 Å². The van der Waals surface area contributed by atoms with Crippen LogP contribution in [0.25, 0.3) is 0 Å². The largest absolute Gasteiger partial charge is 0.497 e. The molecule has 8 nitrogen and oxygen atoms in total. The molecule has 0 radical (unpaired) electrons. The van der Waals surface area contributed by atoms with E-state index in [4.69, 9.17) is 16.3 Å². The van der Waals surface area contributed by atoms with E-state index in [9.17, 15) is 18.0 Å². The van der Waals surface area contributed by atoms with E-state index < -0.39 is 28.5 Å². The molecule has 4 rings (SSSR count). The molecule has 0 heterocycles. The number of ether oxygens (including phenoxy) is 1. The normalized spacial score (nSPS) is 11.8. The molecule has 0 aromatic heterocycles. The summed E-state index contributed by atoms with van der Waals surface area (Å²) in [6.45, 7) is 1.71. The number of amides is 2. The number of para-hydroxylation sites is 1. The molecule has 0 bridgehead atoms. The Balaban J connectivity index is 1.77. The third kappa shape index (κ3) is 8.15. The van der Waals surface area contributed by atoms with E-state index in [2.05, 4.69) is 5.32 Å². The Labute approximate surface area is 257 Å². The number of carbonyl (C=O) groups excluding carboxylic acids is 2. The van der Waals surface area contributed by atoms with Gasteiger partial charge in [0, 0.05) is 24.5 Å².